The number of rotatable bonds is 6. The summed E-state index contributed by atoms with van der Waals surface area (Å²) in [5, 5.41) is 9.17. The number of carboxylic acids is 1. The molecule has 1 N–H and O–H groups in total. The van der Waals surface area contributed by atoms with Gasteiger partial charge in [0, 0.05) is 12.5 Å². The van der Waals surface area contributed by atoms with Gasteiger partial charge in [-0.2, -0.15) is 0 Å². The highest BCUT2D eigenvalue weighted by molar-refractivity contribution is 5.88. The van der Waals surface area contributed by atoms with Crippen molar-refractivity contribution in [2.75, 3.05) is 6.61 Å². The lowest BCUT2D eigenvalue weighted by Crippen LogP contribution is -2.39. The molecule has 0 aromatic carbocycles. The van der Waals surface area contributed by atoms with E-state index in [-0.39, 0.29) is 11.5 Å². The van der Waals surface area contributed by atoms with Gasteiger partial charge in [0.2, 0.25) is 6.29 Å². The highest BCUT2D eigenvalue weighted by Gasteiger charge is 2.45. The highest BCUT2D eigenvalue weighted by atomic mass is 16.8. The maximum Gasteiger partial charge on any atom is 0.335 e. The Morgan fingerprint density at radius 3 is 3.00 bits per heavy atom. The number of carboxylic acid groups (broad SMARTS) is 1. The fourth-order valence-electron chi connectivity index (χ4n) is 2.67. The van der Waals surface area contributed by atoms with E-state index in [0.717, 1.165) is 6.29 Å². The van der Waals surface area contributed by atoms with Crippen molar-refractivity contribution in [3.8, 4) is 0 Å². The molecule has 1 unspecified atom stereocenters. The lowest BCUT2D eigenvalue weighted by atomic mass is 9.84. The van der Waals surface area contributed by atoms with Gasteiger partial charge in [-0.15, -0.1) is 0 Å². The summed E-state index contributed by atoms with van der Waals surface area (Å²) in [5.74, 6) is -1.72. The third-order valence-electron chi connectivity index (χ3n) is 3.56. The third-order valence-corrected chi connectivity index (χ3v) is 3.56. The van der Waals surface area contributed by atoms with Crippen LogP contribution in [0.5, 0.6) is 0 Å². The van der Waals surface area contributed by atoms with Crippen LogP contribution >= 0.6 is 0 Å². The van der Waals surface area contributed by atoms with Gasteiger partial charge in [-0.1, -0.05) is 6.08 Å². The minimum Gasteiger partial charge on any atom is -0.478 e. The molecule has 0 fully saturated rings. The summed E-state index contributed by atoms with van der Waals surface area (Å²) < 4.78 is 16.3. The van der Waals surface area contributed by atoms with Crippen molar-refractivity contribution in [3.63, 3.8) is 0 Å². The molecule has 110 valence electrons. The average Bonchev–Trinajstić information content (AvgIpc) is 2.83. The van der Waals surface area contributed by atoms with Crippen LogP contribution in [0.4, 0.5) is 0 Å². The molecule has 2 rings (SSSR count). The molecule has 4 atom stereocenters. The van der Waals surface area contributed by atoms with Gasteiger partial charge in [-0.05, 0) is 25.8 Å². The number of hydrogen-bond acceptors (Lipinski definition) is 5. The van der Waals surface area contributed by atoms with Gasteiger partial charge in [0.1, 0.15) is 6.29 Å². The number of carbonyl (C=O) groups is 2. The first-order valence-corrected chi connectivity index (χ1v) is 6.59. The molecule has 0 bridgehead atoms. The van der Waals surface area contributed by atoms with E-state index in [0.29, 0.717) is 18.6 Å². The molecule has 0 radical (unpaired) electrons. The normalized spacial score (nSPS) is 29.8. The van der Waals surface area contributed by atoms with Crippen molar-refractivity contribution in [3.05, 3.63) is 23.5 Å². The quantitative estimate of drug-likeness (QED) is 0.587. The summed E-state index contributed by atoms with van der Waals surface area (Å²) in [4.78, 5) is 22.3. The molecule has 20 heavy (non-hydrogen) atoms. The molecule has 0 aromatic heterocycles. The summed E-state index contributed by atoms with van der Waals surface area (Å²) in [6.07, 6.45) is 3.01. The minimum absolute atomic E-state index is 0.173. The van der Waals surface area contributed by atoms with Crippen LogP contribution in [0.25, 0.3) is 0 Å². The predicted molar refractivity (Wildman–Crippen MR) is 68.5 cm³/mol. The van der Waals surface area contributed by atoms with E-state index in [9.17, 15) is 14.7 Å². The molecule has 2 aliphatic rings. The number of ether oxygens (including phenoxy) is 3. The van der Waals surface area contributed by atoms with Crippen LogP contribution in [-0.4, -0.2) is 36.5 Å². The molecule has 1 aliphatic carbocycles. The second-order valence-corrected chi connectivity index (χ2v) is 4.73. The van der Waals surface area contributed by atoms with E-state index in [1.807, 2.05) is 6.92 Å². The Bertz CT molecular complexity index is 453. The van der Waals surface area contributed by atoms with Gasteiger partial charge < -0.3 is 19.3 Å². The number of fused-ring (bicyclic) bond motifs is 1. The van der Waals surface area contributed by atoms with Gasteiger partial charge in [-0.3, -0.25) is 4.79 Å². The van der Waals surface area contributed by atoms with Crippen molar-refractivity contribution in [1.82, 2.24) is 0 Å². The van der Waals surface area contributed by atoms with E-state index in [1.165, 1.54) is 6.26 Å². The van der Waals surface area contributed by atoms with E-state index >= 15 is 0 Å². The number of hydrogen-bond donors (Lipinski definition) is 1. The summed E-state index contributed by atoms with van der Waals surface area (Å²) in [6.45, 7) is 4.07. The average molecular weight is 282 g/mol. The van der Waals surface area contributed by atoms with Gasteiger partial charge >= 0.3 is 5.97 Å². The van der Waals surface area contributed by atoms with E-state index in [2.05, 4.69) is 0 Å². The van der Waals surface area contributed by atoms with E-state index < -0.39 is 24.5 Å². The Balaban J connectivity index is 2.19. The maximum atomic E-state index is 11.2. The van der Waals surface area contributed by atoms with Crippen LogP contribution in [0.3, 0.4) is 0 Å². The molecule has 1 heterocycles. The predicted octanol–water partition coefficient (Wildman–Crippen LogP) is 1.47. The first kappa shape index (κ1) is 14.7. The summed E-state index contributed by atoms with van der Waals surface area (Å²) in [7, 11) is 0. The molecule has 0 saturated heterocycles. The zero-order chi connectivity index (χ0) is 14.7. The van der Waals surface area contributed by atoms with Crippen LogP contribution in [0.1, 0.15) is 20.3 Å². The Kier molecular flexibility index (Phi) is 4.57. The smallest absolute Gasteiger partial charge is 0.335 e. The van der Waals surface area contributed by atoms with Gasteiger partial charge in [0.15, 0.2) is 6.29 Å². The van der Waals surface area contributed by atoms with Gasteiger partial charge in [0.05, 0.1) is 17.8 Å². The molecular formula is C14H18O6. The molecular weight excluding hydrogens is 264 g/mol. The molecule has 1 aliphatic heterocycles. The zero-order valence-corrected chi connectivity index (χ0v) is 11.4. The van der Waals surface area contributed by atoms with Crippen molar-refractivity contribution in [2.24, 2.45) is 11.8 Å². The third kappa shape index (κ3) is 2.76. The van der Waals surface area contributed by atoms with Gasteiger partial charge in [0.25, 0.3) is 0 Å². The lowest BCUT2D eigenvalue weighted by molar-refractivity contribution is -0.242. The van der Waals surface area contributed by atoms with E-state index in [4.69, 9.17) is 14.2 Å². The Morgan fingerprint density at radius 2 is 2.40 bits per heavy atom. The molecule has 0 spiro atoms. The summed E-state index contributed by atoms with van der Waals surface area (Å²) >= 11 is 0. The fourth-order valence-corrected chi connectivity index (χ4v) is 2.67. The largest absolute Gasteiger partial charge is 0.478 e. The Labute approximate surface area is 117 Å². The molecule has 0 saturated carbocycles. The highest BCUT2D eigenvalue weighted by Crippen LogP contribution is 2.43. The Morgan fingerprint density at radius 1 is 1.65 bits per heavy atom. The number of allylic oxidation sites excluding steroid dienone is 1. The SMILES string of the molecule is CCOC(C)O[C@@H]1OC=C(C(=O)O)[C@H]2CC=C(C=O)[C@H]12. The molecule has 0 aromatic rings. The van der Waals surface area contributed by atoms with Crippen molar-refractivity contribution in [1.29, 1.82) is 0 Å². The van der Waals surface area contributed by atoms with Crippen LogP contribution in [0.15, 0.2) is 23.5 Å². The van der Waals surface area contributed by atoms with Crippen LogP contribution < -0.4 is 0 Å². The number of carbonyl (C=O) groups excluding carboxylic acids is 1. The Hall–Kier alpha value is -1.66. The molecule has 6 heteroatoms. The first-order valence-electron chi connectivity index (χ1n) is 6.59. The monoisotopic (exact) mass is 282 g/mol. The van der Waals surface area contributed by atoms with E-state index in [1.54, 1.807) is 13.0 Å². The van der Waals surface area contributed by atoms with Crippen molar-refractivity contribution < 1.29 is 28.9 Å². The number of aldehydes is 1. The summed E-state index contributed by atoms with van der Waals surface area (Å²) in [6, 6.07) is 0. The first-order chi connectivity index (χ1) is 9.58. The van der Waals surface area contributed by atoms with Crippen LogP contribution in [-0.2, 0) is 23.8 Å². The van der Waals surface area contributed by atoms with Crippen molar-refractivity contribution in [2.45, 2.75) is 32.8 Å². The molecule has 6 nitrogen and oxygen atoms in total. The fraction of sp³-hybridized carbons (Fsp3) is 0.571. The summed E-state index contributed by atoms with van der Waals surface area (Å²) in [5.41, 5.74) is 0.697. The second-order valence-electron chi connectivity index (χ2n) is 4.73. The van der Waals surface area contributed by atoms with Crippen LogP contribution in [0.2, 0.25) is 0 Å². The zero-order valence-electron chi connectivity index (χ0n) is 11.4. The second kappa shape index (κ2) is 6.19. The van der Waals surface area contributed by atoms with Crippen molar-refractivity contribution >= 4 is 12.3 Å². The van der Waals surface area contributed by atoms with Gasteiger partial charge in [-0.25, -0.2) is 4.79 Å². The number of aliphatic carboxylic acids is 1. The standard InChI is InChI=1S/C14H18O6/c1-3-18-8(2)20-14-12-9(6-15)4-5-10(12)11(7-19-14)13(16)17/h4,6-8,10,12,14H,3,5H2,1-2H3,(H,16,17)/t8?,10-,12+,14+/m1/s1. The molecule has 0 amide bonds. The topological polar surface area (TPSA) is 82.1 Å². The van der Waals surface area contributed by atoms with Crippen LogP contribution in [0, 0.1) is 11.8 Å². The minimum atomic E-state index is -1.03. The maximum absolute atomic E-state index is 11.2. The lowest BCUT2D eigenvalue weighted by Gasteiger charge is -2.34.